The highest BCUT2D eigenvalue weighted by Crippen LogP contribution is 2.19. The van der Waals surface area contributed by atoms with Crippen molar-refractivity contribution in [3.8, 4) is 0 Å². The van der Waals surface area contributed by atoms with Crippen molar-refractivity contribution >= 4 is 0 Å². The first-order chi connectivity index (χ1) is 8.63. The third-order valence-corrected chi connectivity index (χ3v) is 3.63. The van der Waals surface area contributed by atoms with Gasteiger partial charge in [0.2, 0.25) is 0 Å². The minimum Gasteiger partial charge on any atom is -0.309 e. The molecule has 1 aliphatic heterocycles. The maximum absolute atomic E-state index is 13.1. The molecule has 18 heavy (non-hydrogen) atoms. The highest BCUT2D eigenvalue weighted by molar-refractivity contribution is 5.16. The molecule has 2 rings (SSSR count). The molecule has 0 unspecified atom stereocenters. The first kappa shape index (κ1) is 13.5. The minimum atomic E-state index is -0.130. The highest BCUT2D eigenvalue weighted by Gasteiger charge is 2.19. The van der Waals surface area contributed by atoms with Crippen molar-refractivity contribution in [2.45, 2.75) is 19.4 Å². The van der Waals surface area contributed by atoms with Gasteiger partial charge in [0.25, 0.3) is 0 Å². The van der Waals surface area contributed by atoms with Gasteiger partial charge in [-0.1, -0.05) is 12.1 Å². The van der Waals surface area contributed by atoms with Crippen LogP contribution in [0.2, 0.25) is 0 Å². The SMILES string of the molecule is CN(C)CC1CCN(Cc2cccc(F)c2)CC1. The Kier molecular flexibility index (Phi) is 4.72. The lowest BCUT2D eigenvalue weighted by atomic mass is 9.96. The second kappa shape index (κ2) is 6.30. The van der Waals surface area contributed by atoms with E-state index in [0.29, 0.717) is 0 Å². The van der Waals surface area contributed by atoms with E-state index in [1.54, 1.807) is 12.1 Å². The molecule has 0 aliphatic carbocycles. The average Bonchev–Trinajstić information content (AvgIpc) is 2.31. The highest BCUT2D eigenvalue weighted by atomic mass is 19.1. The zero-order valence-electron chi connectivity index (χ0n) is 11.4. The van der Waals surface area contributed by atoms with Gasteiger partial charge in [0, 0.05) is 13.1 Å². The second-order valence-corrected chi connectivity index (χ2v) is 5.61. The Morgan fingerprint density at radius 3 is 2.61 bits per heavy atom. The van der Waals surface area contributed by atoms with Crippen LogP contribution in [0.3, 0.4) is 0 Å². The van der Waals surface area contributed by atoms with Crippen molar-refractivity contribution in [2.75, 3.05) is 33.7 Å². The Morgan fingerprint density at radius 2 is 2.00 bits per heavy atom. The first-order valence-electron chi connectivity index (χ1n) is 6.75. The fourth-order valence-corrected chi connectivity index (χ4v) is 2.74. The molecule has 0 radical (unpaired) electrons. The Morgan fingerprint density at radius 1 is 1.28 bits per heavy atom. The summed E-state index contributed by atoms with van der Waals surface area (Å²) in [4.78, 5) is 4.70. The number of piperidine rings is 1. The molecule has 0 bridgehead atoms. The lowest BCUT2D eigenvalue weighted by molar-refractivity contribution is 0.157. The normalized spacial score (nSPS) is 18.4. The van der Waals surface area contributed by atoms with Crippen LogP contribution in [-0.2, 0) is 6.54 Å². The molecule has 0 aromatic heterocycles. The lowest BCUT2D eigenvalue weighted by Crippen LogP contribution is -2.36. The zero-order chi connectivity index (χ0) is 13.0. The van der Waals surface area contributed by atoms with Crippen molar-refractivity contribution in [1.82, 2.24) is 9.80 Å². The molecular weight excluding hydrogens is 227 g/mol. The van der Waals surface area contributed by atoms with Crippen molar-refractivity contribution in [3.63, 3.8) is 0 Å². The molecule has 0 N–H and O–H groups in total. The van der Waals surface area contributed by atoms with Gasteiger partial charge in [0.15, 0.2) is 0 Å². The van der Waals surface area contributed by atoms with Crippen LogP contribution in [0.5, 0.6) is 0 Å². The predicted octanol–water partition coefficient (Wildman–Crippen LogP) is 2.60. The molecule has 0 amide bonds. The fraction of sp³-hybridized carbons (Fsp3) is 0.600. The van der Waals surface area contributed by atoms with Gasteiger partial charge in [-0.25, -0.2) is 4.39 Å². The largest absolute Gasteiger partial charge is 0.309 e. The third-order valence-electron chi connectivity index (χ3n) is 3.63. The molecule has 1 aromatic carbocycles. The number of benzene rings is 1. The summed E-state index contributed by atoms with van der Waals surface area (Å²) in [5.74, 6) is 0.693. The maximum Gasteiger partial charge on any atom is 0.123 e. The van der Waals surface area contributed by atoms with Crippen molar-refractivity contribution < 1.29 is 4.39 Å². The molecule has 1 heterocycles. The van der Waals surface area contributed by atoms with E-state index in [2.05, 4.69) is 23.9 Å². The third kappa shape index (κ3) is 4.07. The summed E-state index contributed by atoms with van der Waals surface area (Å²) in [7, 11) is 4.28. The summed E-state index contributed by atoms with van der Waals surface area (Å²) in [5, 5.41) is 0. The number of rotatable bonds is 4. The number of nitrogens with zero attached hydrogens (tertiary/aromatic N) is 2. The summed E-state index contributed by atoms with van der Waals surface area (Å²) in [6.45, 7) is 4.34. The Labute approximate surface area is 109 Å². The Hall–Kier alpha value is -0.930. The van der Waals surface area contributed by atoms with Gasteiger partial charge in [-0.2, -0.15) is 0 Å². The van der Waals surface area contributed by atoms with E-state index in [1.165, 1.54) is 25.5 Å². The fourth-order valence-electron chi connectivity index (χ4n) is 2.74. The molecule has 0 atom stereocenters. The lowest BCUT2D eigenvalue weighted by Gasteiger charge is -2.33. The van der Waals surface area contributed by atoms with Gasteiger partial charge in [-0.05, 0) is 63.6 Å². The van der Waals surface area contributed by atoms with Gasteiger partial charge < -0.3 is 4.90 Å². The predicted molar refractivity (Wildman–Crippen MR) is 73.0 cm³/mol. The summed E-state index contributed by atoms with van der Waals surface area (Å²) in [6.07, 6.45) is 2.51. The van der Waals surface area contributed by atoms with Gasteiger partial charge in [0.05, 0.1) is 0 Å². The Balaban J connectivity index is 1.80. The smallest absolute Gasteiger partial charge is 0.123 e. The van der Waals surface area contributed by atoms with Crippen LogP contribution >= 0.6 is 0 Å². The number of hydrogen-bond donors (Lipinski definition) is 0. The second-order valence-electron chi connectivity index (χ2n) is 5.61. The van der Waals surface area contributed by atoms with E-state index in [0.717, 1.165) is 31.1 Å². The van der Waals surface area contributed by atoms with Crippen LogP contribution in [-0.4, -0.2) is 43.5 Å². The van der Waals surface area contributed by atoms with Crippen LogP contribution in [0.4, 0.5) is 4.39 Å². The number of halogens is 1. The molecule has 100 valence electrons. The van der Waals surface area contributed by atoms with Crippen molar-refractivity contribution in [2.24, 2.45) is 5.92 Å². The first-order valence-corrected chi connectivity index (χ1v) is 6.75. The van der Waals surface area contributed by atoms with Crippen LogP contribution < -0.4 is 0 Å². The summed E-state index contributed by atoms with van der Waals surface area (Å²) >= 11 is 0. The van der Waals surface area contributed by atoms with Crippen molar-refractivity contribution in [3.05, 3.63) is 35.6 Å². The zero-order valence-corrected chi connectivity index (χ0v) is 11.4. The topological polar surface area (TPSA) is 6.48 Å². The molecule has 1 saturated heterocycles. The van der Waals surface area contributed by atoms with Crippen molar-refractivity contribution in [1.29, 1.82) is 0 Å². The molecule has 1 aromatic rings. The Bertz CT molecular complexity index is 371. The molecule has 3 heteroatoms. The van der Waals surface area contributed by atoms with E-state index in [9.17, 15) is 4.39 Å². The molecule has 1 fully saturated rings. The monoisotopic (exact) mass is 250 g/mol. The molecular formula is C15H23FN2. The average molecular weight is 250 g/mol. The maximum atomic E-state index is 13.1. The van der Waals surface area contributed by atoms with Crippen LogP contribution in [0, 0.1) is 11.7 Å². The standard InChI is InChI=1S/C15H23FN2/c1-17(2)11-13-6-8-18(9-7-13)12-14-4-3-5-15(16)10-14/h3-5,10,13H,6-9,11-12H2,1-2H3. The van der Waals surface area contributed by atoms with E-state index >= 15 is 0 Å². The molecule has 0 spiro atoms. The van der Waals surface area contributed by atoms with Crippen LogP contribution in [0.15, 0.2) is 24.3 Å². The number of hydrogen-bond acceptors (Lipinski definition) is 2. The van der Waals surface area contributed by atoms with E-state index < -0.39 is 0 Å². The molecule has 2 nitrogen and oxygen atoms in total. The van der Waals surface area contributed by atoms with Crippen LogP contribution in [0.1, 0.15) is 18.4 Å². The number of likely N-dealkylation sites (tertiary alicyclic amines) is 1. The van der Waals surface area contributed by atoms with Gasteiger partial charge >= 0.3 is 0 Å². The van der Waals surface area contributed by atoms with E-state index in [4.69, 9.17) is 0 Å². The quantitative estimate of drug-likeness (QED) is 0.810. The van der Waals surface area contributed by atoms with Gasteiger partial charge in [-0.3, -0.25) is 4.90 Å². The molecule has 0 saturated carbocycles. The van der Waals surface area contributed by atoms with E-state index in [1.807, 2.05) is 6.07 Å². The van der Waals surface area contributed by atoms with Gasteiger partial charge in [-0.15, -0.1) is 0 Å². The van der Waals surface area contributed by atoms with Gasteiger partial charge in [0.1, 0.15) is 5.82 Å². The summed E-state index contributed by atoms with van der Waals surface area (Å²) in [5.41, 5.74) is 1.08. The van der Waals surface area contributed by atoms with Crippen LogP contribution in [0.25, 0.3) is 0 Å². The van der Waals surface area contributed by atoms with E-state index in [-0.39, 0.29) is 5.82 Å². The summed E-state index contributed by atoms with van der Waals surface area (Å²) in [6, 6.07) is 6.96. The summed E-state index contributed by atoms with van der Waals surface area (Å²) < 4.78 is 13.1. The molecule has 1 aliphatic rings. The minimum absolute atomic E-state index is 0.130.